The summed E-state index contributed by atoms with van der Waals surface area (Å²) >= 11 is 4.51. The van der Waals surface area contributed by atoms with E-state index in [0.717, 1.165) is 45.1 Å². The maximum absolute atomic E-state index is 6.02. The molecule has 0 saturated carbocycles. The number of benzene rings is 3. The summed E-state index contributed by atoms with van der Waals surface area (Å²) in [6, 6.07) is 33.0. The summed E-state index contributed by atoms with van der Waals surface area (Å²) in [6.07, 6.45) is 6.53. The molecule has 0 aliphatic carbocycles. The first-order chi connectivity index (χ1) is 15.2. The monoisotopic (exact) mass is 498 g/mol. The predicted molar refractivity (Wildman–Crippen MR) is 138 cm³/mol. The molecule has 0 amide bonds. The molecule has 0 spiro atoms. The van der Waals surface area contributed by atoms with Crippen molar-refractivity contribution < 1.29 is 9.47 Å². The zero-order chi connectivity index (χ0) is 21.4. The van der Waals surface area contributed by atoms with Gasteiger partial charge in [0.05, 0.1) is 0 Å². The van der Waals surface area contributed by atoms with Gasteiger partial charge < -0.3 is 0 Å². The first kappa shape index (κ1) is 22.7. The van der Waals surface area contributed by atoms with E-state index in [4.69, 9.17) is 9.47 Å². The van der Waals surface area contributed by atoms with Crippen LogP contribution in [0.3, 0.4) is 0 Å². The molecule has 3 aromatic rings. The van der Waals surface area contributed by atoms with Crippen LogP contribution in [0, 0.1) is 0 Å². The minimum absolute atomic E-state index is 0.00896. The normalized spacial score (nSPS) is 18.2. The van der Waals surface area contributed by atoms with Crippen LogP contribution < -0.4 is 15.9 Å². The Morgan fingerprint density at radius 1 is 0.742 bits per heavy atom. The second-order valence-electron chi connectivity index (χ2n) is 8.29. The number of rotatable bonds is 9. The predicted octanol–water partition coefficient (Wildman–Crippen LogP) is 6.15. The van der Waals surface area contributed by atoms with E-state index in [2.05, 4.69) is 106 Å². The maximum atomic E-state index is 6.02. The number of hydrogen-bond acceptors (Lipinski definition) is 2. The summed E-state index contributed by atoms with van der Waals surface area (Å²) < 4.78 is 11.8. The van der Waals surface area contributed by atoms with Gasteiger partial charge >= 0.3 is 195 Å². The van der Waals surface area contributed by atoms with Crippen molar-refractivity contribution in [1.29, 1.82) is 0 Å². The van der Waals surface area contributed by atoms with Crippen LogP contribution in [0.25, 0.3) is 0 Å². The second kappa shape index (κ2) is 10.4. The number of ether oxygens (including phenoxy) is 2. The molecule has 1 saturated heterocycles. The summed E-state index contributed by atoms with van der Waals surface area (Å²) in [5.74, 6) is 0. The Balaban J connectivity index is 1.64. The standard InChI is InChI=1S/C27H32BrO2P/c28-31(24-14-4-1-5-15-24,25-16-6-2-7-17-25,26-18-8-3-9-19-26)23-13-12-22-30-27-20-10-11-21-29-27/h1-9,14-19,27H,10-13,20-23H2. The van der Waals surface area contributed by atoms with Crippen LogP contribution in [0.15, 0.2) is 91.0 Å². The fourth-order valence-electron chi connectivity index (χ4n) is 4.62. The van der Waals surface area contributed by atoms with E-state index < -0.39 is 5.31 Å². The first-order valence-corrected chi connectivity index (χ1v) is 15.8. The molecule has 4 rings (SSSR count). The van der Waals surface area contributed by atoms with Gasteiger partial charge in [-0.15, -0.1) is 0 Å². The molecule has 31 heavy (non-hydrogen) atoms. The second-order valence-corrected chi connectivity index (χ2v) is 17.3. The van der Waals surface area contributed by atoms with Gasteiger partial charge in [0.1, 0.15) is 0 Å². The summed E-state index contributed by atoms with van der Waals surface area (Å²) in [6.45, 7) is 1.58. The number of hydrogen-bond donors (Lipinski definition) is 0. The molecule has 3 aromatic carbocycles. The zero-order valence-corrected chi connectivity index (χ0v) is 20.5. The molecule has 0 N–H and O–H groups in total. The van der Waals surface area contributed by atoms with Gasteiger partial charge in [-0.1, -0.05) is 0 Å². The van der Waals surface area contributed by atoms with Crippen molar-refractivity contribution in [2.75, 3.05) is 19.4 Å². The molecule has 1 aliphatic heterocycles. The Labute approximate surface area is 194 Å². The van der Waals surface area contributed by atoms with Crippen LogP contribution in [-0.2, 0) is 9.47 Å². The summed E-state index contributed by atoms with van der Waals surface area (Å²) in [4.78, 5) is 0. The Morgan fingerprint density at radius 2 is 1.26 bits per heavy atom. The molecule has 1 heterocycles. The molecule has 2 nitrogen and oxygen atoms in total. The summed E-state index contributed by atoms with van der Waals surface area (Å²) in [5, 5.41) is 1.33. The molecule has 0 radical (unpaired) electrons. The van der Waals surface area contributed by atoms with E-state index in [1.54, 1.807) is 0 Å². The van der Waals surface area contributed by atoms with Gasteiger partial charge in [-0.25, -0.2) is 0 Å². The van der Waals surface area contributed by atoms with Crippen molar-refractivity contribution in [3.8, 4) is 0 Å². The summed E-state index contributed by atoms with van der Waals surface area (Å²) in [7, 11) is 0. The van der Waals surface area contributed by atoms with E-state index in [9.17, 15) is 0 Å². The van der Waals surface area contributed by atoms with Crippen LogP contribution >= 0.6 is 20.8 Å². The molecule has 1 unspecified atom stereocenters. The molecule has 0 bridgehead atoms. The van der Waals surface area contributed by atoms with Crippen molar-refractivity contribution in [2.24, 2.45) is 0 Å². The van der Waals surface area contributed by atoms with E-state index in [0.29, 0.717) is 0 Å². The first-order valence-electron chi connectivity index (χ1n) is 11.3. The number of unbranched alkanes of at least 4 members (excludes halogenated alkanes) is 1. The molecule has 164 valence electrons. The minimum atomic E-state index is -2.80. The van der Waals surface area contributed by atoms with Crippen molar-refractivity contribution in [1.82, 2.24) is 0 Å². The fraction of sp³-hybridized carbons (Fsp3) is 0.333. The van der Waals surface area contributed by atoms with Gasteiger partial charge in [-0.2, -0.15) is 0 Å². The molecule has 1 fully saturated rings. The molecular weight excluding hydrogens is 467 g/mol. The van der Waals surface area contributed by atoms with Gasteiger partial charge in [-0.05, 0) is 0 Å². The molecule has 1 aliphatic rings. The zero-order valence-electron chi connectivity index (χ0n) is 18.0. The Hall–Kier alpha value is -1.51. The van der Waals surface area contributed by atoms with E-state index in [-0.39, 0.29) is 6.29 Å². The molecular formula is C27H32BrO2P. The topological polar surface area (TPSA) is 18.5 Å². The van der Waals surface area contributed by atoms with Gasteiger partial charge in [-0.3, -0.25) is 0 Å². The molecule has 4 heteroatoms. The van der Waals surface area contributed by atoms with Crippen LogP contribution in [-0.4, -0.2) is 25.7 Å². The van der Waals surface area contributed by atoms with E-state index in [1.807, 2.05) is 0 Å². The van der Waals surface area contributed by atoms with E-state index >= 15 is 0 Å². The average Bonchev–Trinajstić information content (AvgIpc) is 2.86. The van der Waals surface area contributed by atoms with Crippen molar-refractivity contribution in [3.05, 3.63) is 91.0 Å². The third kappa shape index (κ3) is 4.81. The number of halogens is 1. The summed E-state index contributed by atoms with van der Waals surface area (Å²) in [5.41, 5.74) is 0. The van der Waals surface area contributed by atoms with E-state index in [1.165, 1.54) is 22.3 Å². The Morgan fingerprint density at radius 3 is 1.71 bits per heavy atom. The van der Waals surface area contributed by atoms with Crippen molar-refractivity contribution in [2.45, 2.75) is 38.4 Å². The third-order valence-electron chi connectivity index (χ3n) is 6.30. The van der Waals surface area contributed by atoms with Crippen LogP contribution in [0.4, 0.5) is 0 Å². The van der Waals surface area contributed by atoms with Gasteiger partial charge in [0.2, 0.25) is 0 Å². The van der Waals surface area contributed by atoms with Crippen molar-refractivity contribution in [3.63, 3.8) is 0 Å². The quantitative estimate of drug-likeness (QED) is 0.260. The average molecular weight is 499 g/mol. The van der Waals surface area contributed by atoms with Crippen LogP contribution in [0.1, 0.15) is 32.1 Å². The van der Waals surface area contributed by atoms with Gasteiger partial charge in [0.15, 0.2) is 0 Å². The molecule has 0 aromatic heterocycles. The Kier molecular flexibility index (Phi) is 7.61. The van der Waals surface area contributed by atoms with Crippen LogP contribution in [0.2, 0.25) is 0 Å². The Bertz CT molecular complexity index is 828. The van der Waals surface area contributed by atoms with Gasteiger partial charge in [0, 0.05) is 0 Å². The van der Waals surface area contributed by atoms with Crippen molar-refractivity contribution >= 4 is 36.7 Å². The molecule has 1 atom stereocenters. The fourth-order valence-corrected chi connectivity index (χ4v) is 12.4. The SMILES string of the molecule is BrP(CCCCOC1CCCCO1)(c1ccccc1)(c1ccccc1)c1ccccc1. The van der Waals surface area contributed by atoms with Gasteiger partial charge in [0.25, 0.3) is 0 Å². The van der Waals surface area contributed by atoms with Crippen LogP contribution in [0.5, 0.6) is 0 Å². The third-order valence-corrected chi connectivity index (χ3v) is 16.3.